The van der Waals surface area contributed by atoms with Crippen LogP contribution in [0, 0.1) is 0 Å². The highest BCUT2D eigenvalue weighted by Gasteiger charge is 2.06. The first-order valence-electron chi connectivity index (χ1n) is 5.53. The molecule has 0 aliphatic carbocycles. The highest BCUT2D eigenvalue weighted by atomic mass is 16.2. The molecule has 1 unspecified atom stereocenters. The molecule has 0 fully saturated rings. The van der Waals surface area contributed by atoms with Gasteiger partial charge in [-0.05, 0) is 39.8 Å². The van der Waals surface area contributed by atoms with Crippen molar-refractivity contribution in [1.29, 1.82) is 0 Å². The molecule has 13 heavy (non-hydrogen) atoms. The Morgan fingerprint density at radius 3 is 2.46 bits per heavy atom. The normalized spacial score (nSPS) is 13.6. The zero-order valence-corrected chi connectivity index (χ0v) is 9.42. The Morgan fingerprint density at radius 1 is 1.23 bits per heavy atom. The summed E-state index contributed by atoms with van der Waals surface area (Å²) in [7, 11) is 2.18. The highest BCUT2D eigenvalue weighted by Crippen LogP contribution is 2.07. The van der Waals surface area contributed by atoms with Crippen LogP contribution in [0.4, 0.5) is 0 Å². The Balaban J connectivity index is 3.38. The summed E-state index contributed by atoms with van der Waals surface area (Å²) in [5.74, 6) is 0. The maximum Gasteiger partial charge on any atom is 0.0431 e. The van der Waals surface area contributed by atoms with Crippen LogP contribution in [0.1, 0.15) is 46.0 Å². The molecule has 0 rings (SSSR count). The zero-order valence-electron chi connectivity index (χ0n) is 9.42. The van der Waals surface area contributed by atoms with Gasteiger partial charge in [0.2, 0.25) is 0 Å². The number of aliphatic hydroxyl groups is 1. The van der Waals surface area contributed by atoms with Gasteiger partial charge in [0.25, 0.3) is 0 Å². The van der Waals surface area contributed by atoms with Gasteiger partial charge in [0.05, 0.1) is 0 Å². The van der Waals surface area contributed by atoms with E-state index in [0.29, 0.717) is 12.6 Å². The topological polar surface area (TPSA) is 23.5 Å². The third kappa shape index (κ3) is 7.03. The Hall–Kier alpha value is -0.0800. The van der Waals surface area contributed by atoms with E-state index in [1.807, 2.05) is 0 Å². The average Bonchev–Trinajstić information content (AvgIpc) is 2.14. The second-order valence-electron chi connectivity index (χ2n) is 3.90. The van der Waals surface area contributed by atoms with E-state index in [-0.39, 0.29) is 0 Å². The van der Waals surface area contributed by atoms with Crippen LogP contribution in [0.5, 0.6) is 0 Å². The molecule has 0 aromatic carbocycles. The lowest BCUT2D eigenvalue weighted by molar-refractivity contribution is 0.222. The van der Waals surface area contributed by atoms with Crippen molar-refractivity contribution in [2.45, 2.75) is 52.0 Å². The van der Waals surface area contributed by atoms with E-state index in [1.165, 1.54) is 19.3 Å². The fourth-order valence-electron chi connectivity index (χ4n) is 1.41. The summed E-state index contributed by atoms with van der Waals surface area (Å²) in [6.45, 7) is 5.97. The first kappa shape index (κ1) is 12.9. The summed E-state index contributed by atoms with van der Waals surface area (Å²) in [5, 5.41) is 8.64. The highest BCUT2D eigenvalue weighted by molar-refractivity contribution is 4.62. The maximum absolute atomic E-state index is 8.64. The van der Waals surface area contributed by atoms with Crippen LogP contribution in [0.3, 0.4) is 0 Å². The standard InChI is InChI=1S/C11H25NO/c1-4-5-8-11(2)12(3)9-6-7-10-13/h11,13H,4-10H2,1-3H3. The van der Waals surface area contributed by atoms with Crippen molar-refractivity contribution in [3.05, 3.63) is 0 Å². The fraction of sp³-hybridized carbons (Fsp3) is 1.00. The van der Waals surface area contributed by atoms with Crippen LogP contribution in [-0.4, -0.2) is 36.2 Å². The molecule has 0 amide bonds. The summed E-state index contributed by atoms with van der Waals surface area (Å²) >= 11 is 0. The molecule has 1 N–H and O–H groups in total. The van der Waals surface area contributed by atoms with Gasteiger partial charge in [-0.1, -0.05) is 19.8 Å². The van der Waals surface area contributed by atoms with E-state index in [0.717, 1.165) is 19.4 Å². The van der Waals surface area contributed by atoms with Gasteiger partial charge in [-0.25, -0.2) is 0 Å². The molecule has 1 atom stereocenters. The molecule has 0 bridgehead atoms. The van der Waals surface area contributed by atoms with Crippen LogP contribution >= 0.6 is 0 Å². The van der Waals surface area contributed by atoms with Crippen LogP contribution in [0.25, 0.3) is 0 Å². The molecule has 0 aliphatic rings. The van der Waals surface area contributed by atoms with Gasteiger partial charge in [0.15, 0.2) is 0 Å². The van der Waals surface area contributed by atoms with E-state index in [9.17, 15) is 0 Å². The van der Waals surface area contributed by atoms with Crippen LogP contribution in [0.2, 0.25) is 0 Å². The quantitative estimate of drug-likeness (QED) is 0.589. The predicted molar refractivity (Wildman–Crippen MR) is 57.9 cm³/mol. The third-order valence-electron chi connectivity index (χ3n) is 2.65. The largest absolute Gasteiger partial charge is 0.396 e. The first-order valence-corrected chi connectivity index (χ1v) is 5.53. The van der Waals surface area contributed by atoms with Gasteiger partial charge in [-0.2, -0.15) is 0 Å². The summed E-state index contributed by atoms with van der Waals surface area (Å²) < 4.78 is 0. The van der Waals surface area contributed by atoms with Gasteiger partial charge in [0, 0.05) is 12.6 Å². The predicted octanol–water partition coefficient (Wildman–Crippen LogP) is 2.27. The monoisotopic (exact) mass is 187 g/mol. The van der Waals surface area contributed by atoms with Gasteiger partial charge < -0.3 is 10.0 Å². The number of unbranched alkanes of at least 4 members (excludes halogenated alkanes) is 2. The molecule has 0 aromatic rings. The van der Waals surface area contributed by atoms with Gasteiger partial charge in [0.1, 0.15) is 0 Å². The second kappa shape index (κ2) is 8.52. The second-order valence-corrected chi connectivity index (χ2v) is 3.90. The molecule has 0 saturated carbocycles. The molecular weight excluding hydrogens is 162 g/mol. The summed E-state index contributed by atoms with van der Waals surface area (Å²) in [5.41, 5.74) is 0. The molecule has 0 heterocycles. The molecule has 2 heteroatoms. The zero-order chi connectivity index (χ0) is 10.1. The SMILES string of the molecule is CCCCC(C)N(C)CCCCO. The minimum absolute atomic E-state index is 0.331. The minimum Gasteiger partial charge on any atom is -0.396 e. The van der Waals surface area contributed by atoms with Gasteiger partial charge in [-0.3, -0.25) is 0 Å². The van der Waals surface area contributed by atoms with Gasteiger partial charge >= 0.3 is 0 Å². The summed E-state index contributed by atoms with van der Waals surface area (Å²) in [4.78, 5) is 2.39. The summed E-state index contributed by atoms with van der Waals surface area (Å²) in [6.07, 6.45) is 5.96. The number of nitrogens with zero attached hydrogens (tertiary/aromatic N) is 1. The van der Waals surface area contributed by atoms with Crippen molar-refractivity contribution in [2.75, 3.05) is 20.2 Å². The summed E-state index contributed by atoms with van der Waals surface area (Å²) in [6, 6.07) is 0.693. The smallest absolute Gasteiger partial charge is 0.0431 e. The fourth-order valence-corrected chi connectivity index (χ4v) is 1.41. The van der Waals surface area contributed by atoms with Crippen LogP contribution < -0.4 is 0 Å². The first-order chi connectivity index (χ1) is 6.22. The van der Waals surface area contributed by atoms with Crippen molar-refractivity contribution in [3.63, 3.8) is 0 Å². The minimum atomic E-state index is 0.331. The number of hydrogen-bond acceptors (Lipinski definition) is 2. The number of aliphatic hydroxyl groups excluding tert-OH is 1. The van der Waals surface area contributed by atoms with Crippen LogP contribution in [-0.2, 0) is 0 Å². The van der Waals surface area contributed by atoms with Crippen molar-refractivity contribution in [3.8, 4) is 0 Å². The molecule has 2 nitrogen and oxygen atoms in total. The van der Waals surface area contributed by atoms with Crippen molar-refractivity contribution in [1.82, 2.24) is 4.90 Å². The third-order valence-corrected chi connectivity index (χ3v) is 2.65. The Morgan fingerprint density at radius 2 is 1.92 bits per heavy atom. The molecule has 0 spiro atoms. The Kier molecular flexibility index (Phi) is 8.46. The van der Waals surface area contributed by atoms with E-state index in [2.05, 4.69) is 25.8 Å². The maximum atomic E-state index is 8.64. The van der Waals surface area contributed by atoms with E-state index in [4.69, 9.17) is 5.11 Å². The average molecular weight is 187 g/mol. The van der Waals surface area contributed by atoms with Crippen molar-refractivity contribution in [2.24, 2.45) is 0 Å². The molecule has 0 aliphatic heterocycles. The number of hydrogen-bond donors (Lipinski definition) is 1. The van der Waals surface area contributed by atoms with Crippen LogP contribution in [0.15, 0.2) is 0 Å². The lowest BCUT2D eigenvalue weighted by Gasteiger charge is -2.24. The lowest BCUT2D eigenvalue weighted by Crippen LogP contribution is -2.30. The molecule has 0 aromatic heterocycles. The molecule has 0 radical (unpaired) electrons. The van der Waals surface area contributed by atoms with E-state index >= 15 is 0 Å². The molecule has 80 valence electrons. The Bertz CT molecular complexity index is 106. The number of rotatable bonds is 8. The van der Waals surface area contributed by atoms with E-state index in [1.54, 1.807) is 0 Å². The molecular formula is C11H25NO. The lowest BCUT2D eigenvalue weighted by atomic mass is 10.1. The van der Waals surface area contributed by atoms with Crippen molar-refractivity contribution >= 4 is 0 Å². The van der Waals surface area contributed by atoms with Crippen molar-refractivity contribution < 1.29 is 5.11 Å². The van der Waals surface area contributed by atoms with Gasteiger partial charge in [-0.15, -0.1) is 0 Å². The Labute approximate surface area is 82.9 Å². The van der Waals surface area contributed by atoms with E-state index < -0.39 is 0 Å². The molecule has 0 saturated heterocycles.